The van der Waals surface area contributed by atoms with Crippen LogP contribution in [-0.4, -0.2) is 49.0 Å². The molecule has 0 saturated carbocycles. The molecular formula is C34H38SiSn2. The van der Waals surface area contributed by atoms with Gasteiger partial charge in [0.1, 0.15) is 9.52 Å². The molecule has 0 spiro atoms. The number of hydrogen-bond acceptors (Lipinski definition) is 0. The van der Waals surface area contributed by atoms with Crippen LogP contribution in [0.3, 0.4) is 0 Å². The first-order chi connectivity index (χ1) is 17.9. The molecule has 0 atom stereocenters. The molecule has 1 heterocycles. The standard InChI is InChI=1S/C28H20Si.6CH3.2Sn/c1-5-13-21(14-6-1)25-26(22-15-7-2-8-16-22)28(24-19-11-4-12-20-24)29-27(25)23-17-9-3-10-18-23;;;;;;;;/h1-20H;6*1H3;;. The van der Waals surface area contributed by atoms with E-state index in [0.29, 0.717) is 9.52 Å². The van der Waals surface area contributed by atoms with Crippen LogP contribution in [0, 0.1) is 0 Å². The smallest absolute Gasteiger partial charge is 0.0622 e. The van der Waals surface area contributed by atoms with Crippen LogP contribution >= 0.6 is 0 Å². The SMILES string of the molecule is [CH3][Sn]([CH3])[CH3].[CH3][Sn]([CH3])[CH3].c1ccc(C2=C(c3ccccc3)C(c3ccccc3)=C(c3ccccc3)[Si]2)cc1. The third kappa shape index (κ3) is 9.15. The van der Waals surface area contributed by atoms with E-state index in [4.69, 9.17) is 0 Å². The van der Waals surface area contributed by atoms with Gasteiger partial charge in [0.05, 0.1) is 0 Å². The maximum atomic E-state index is 2.36. The fourth-order valence-corrected chi connectivity index (χ4v) is 5.59. The van der Waals surface area contributed by atoms with Crippen LogP contribution in [0.4, 0.5) is 0 Å². The van der Waals surface area contributed by atoms with E-state index in [2.05, 4.69) is 151 Å². The summed E-state index contributed by atoms with van der Waals surface area (Å²) in [6, 6.07) is 43.4. The summed E-state index contributed by atoms with van der Waals surface area (Å²) in [7, 11) is 0.617. The molecular weight excluding hydrogens is 674 g/mol. The Morgan fingerprint density at radius 2 is 0.568 bits per heavy atom. The van der Waals surface area contributed by atoms with Gasteiger partial charge in [0, 0.05) is 0 Å². The van der Waals surface area contributed by atoms with Gasteiger partial charge in [-0.3, -0.25) is 0 Å². The van der Waals surface area contributed by atoms with Crippen molar-refractivity contribution >= 4 is 70.6 Å². The molecule has 0 nitrogen and oxygen atoms in total. The van der Waals surface area contributed by atoms with E-state index in [-0.39, 0.29) is 0 Å². The van der Waals surface area contributed by atoms with Crippen molar-refractivity contribution in [3.63, 3.8) is 0 Å². The molecule has 1 aliphatic heterocycles. The number of allylic oxidation sites excluding steroid dienone is 2. The van der Waals surface area contributed by atoms with E-state index in [1.54, 1.807) is 0 Å². The Balaban J connectivity index is 0.000000420. The van der Waals surface area contributed by atoms with Crippen molar-refractivity contribution in [2.75, 3.05) is 0 Å². The molecule has 4 aromatic carbocycles. The second kappa shape index (κ2) is 15.6. The Bertz CT molecular complexity index is 1170. The molecule has 37 heavy (non-hydrogen) atoms. The average molecular weight is 712 g/mol. The Labute approximate surface area is 241 Å². The van der Waals surface area contributed by atoms with Crippen LogP contribution in [-0.2, 0) is 0 Å². The molecule has 4 radical (unpaired) electrons. The van der Waals surface area contributed by atoms with Crippen LogP contribution in [0.1, 0.15) is 22.3 Å². The Morgan fingerprint density at radius 3 is 0.811 bits per heavy atom. The first-order valence-electron chi connectivity index (χ1n) is 12.9. The van der Waals surface area contributed by atoms with Crippen LogP contribution in [0.25, 0.3) is 21.5 Å². The maximum absolute atomic E-state index is 2.36. The Hall–Kier alpha value is -1.83. The van der Waals surface area contributed by atoms with Crippen LogP contribution < -0.4 is 0 Å². The fraction of sp³-hybridized carbons (Fsp3) is 0.176. The second-order valence-corrected chi connectivity index (χ2v) is 28.5. The normalized spacial score (nSPS) is 12.8. The van der Waals surface area contributed by atoms with Gasteiger partial charge in [-0.1, -0.05) is 121 Å². The van der Waals surface area contributed by atoms with Crippen LogP contribution in [0.5, 0.6) is 0 Å². The summed E-state index contributed by atoms with van der Waals surface area (Å²) in [5, 5.41) is 2.85. The van der Waals surface area contributed by atoms with Gasteiger partial charge in [-0.15, -0.1) is 0 Å². The van der Waals surface area contributed by atoms with E-state index in [9.17, 15) is 0 Å². The Kier molecular flexibility index (Phi) is 12.5. The topological polar surface area (TPSA) is 0 Å². The zero-order chi connectivity index (χ0) is 26.6. The van der Waals surface area contributed by atoms with Crippen molar-refractivity contribution in [1.82, 2.24) is 0 Å². The molecule has 0 amide bonds. The van der Waals surface area contributed by atoms with Gasteiger partial charge in [-0.25, -0.2) is 0 Å². The number of benzene rings is 4. The molecule has 186 valence electrons. The third-order valence-electron chi connectivity index (χ3n) is 5.25. The summed E-state index contributed by atoms with van der Waals surface area (Å²) in [6.45, 7) is 0. The average Bonchev–Trinajstić information content (AvgIpc) is 3.31. The maximum Gasteiger partial charge on any atom is 0.124 e. The zero-order valence-corrected chi connectivity index (χ0v) is 29.8. The first kappa shape index (κ1) is 29.7. The molecule has 1 aliphatic rings. The van der Waals surface area contributed by atoms with Gasteiger partial charge >= 0.3 is 69.2 Å². The van der Waals surface area contributed by atoms with E-state index >= 15 is 0 Å². The molecule has 0 aliphatic carbocycles. The van der Waals surface area contributed by atoms with Crippen molar-refractivity contribution < 1.29 is 0 Å². The summed E-state index contributed by atoms with van der Waals surface area (Å²) in [5.74, 6) is 0. The molecule has 0 saturated heterocycles. The van der Waals surface area contributed by atoms with Crippen molar-refractivity contribution in [3.8, 4) is 0 Å². The van der Waals surface area contributed by atoms with Crippen molar-refractivity contribution in [3.05, 3.63) is 144 Å². The molecule has 0 N–H and O–H groups in total. The van der Waals surface area contributed by atoms with Gasteiger partial charge in [-0.05, 0) is 43.8 Å². The van der Waals surface area contributed by atoms with Crippen molar-refractivity contribution in [2.45, 2.75) is 29.6 Å². The third-order valence-corrected chi connectivity index (χ3v) is 6.83. The summed E-state index contributed by atoms with van der Waals surface area (Å²) in [5.41, 5.74) is 7.90. The minimum absolute atomic E-state index is 0.543. The molecule has 0 bridgehead atoms. The monoisotopic (exact) mass is 714 g/mol. The van der Waals surface area contributed by atoms with Crippen molar-refractivity contribution in [2.24, 2.45) is 0 Å². The molecule has 0 unspecified atom stereocenters. The fourth-order valence-electron chi connectivity index (χ4n) is 3.93. The summed E-state index contributed by atoms with van der Waals surface area (Å²) < 4.78 is 0. The zero-order valence-electron chi connectivity index (χ0n) is 23.0. The predicted molar refractivity (Wildman–Crippen MR) is 172 cm³/mol. The largest absolute Gasteiger partial charge is 0.124 e. The van der Waals surface area contributed by atoms with Crippen molar-refractivity contribution in [1.29, 1.82) is 0 Å². The van der Waals surface area contributed by atoms with Gasteiger partial charge in [0.15, 0.2) is 0 Å². The van der Waals surface area contributed by atoms with Crippen LogP contribution in [0.2, 0.25) is 29.6 Å². The molecule has 3 heteroatoms. The second-order valence-electron chi connectivity index (χ2n) is 10.1. The Morgan fingerprint density at radius 1 is 0.351 bits per heavy atom. The first-order valence-corrected chi connectivity index (χ1v) is 31.0. The van der Waals surface area contributed by atoms with Gasteiger partial charge in [0.25, 0.3) is 0 Å². The summed E-state index contributed by atoms with van der Waals surface area (Å²) >= 11 is -1.09. The van der Waals surface area contributed by atoms with E-state index in [0.717, 1.165) is 0 Å². The van der Waals surface area contributed by atoms with Gasteiger partial charge in [-0.2, -0.15) is 0 Å². The minimum atomic E-state index is -0.543. The van der Waals surface area contributed by atoms with Gasteiger partial charge < -0.3 is 0 Å². The van der Waals surface area contributed by atoms with E-state index in [1.807, 2.05) is 0 Å². The van der Waals surface area contributed by atoms with Gasteiger partial charge in [0.2, 0.25) is 0 Å². The number of hydrogen-bond donors (Lipinski definition) is 0. The van der Waals surface area contributed by atoms with E-state index in [1.165, 1.54) is 43.8 Å². The van der Waals surface area contributed by atoms with Crippen LogP contribution in [0.15, 0.2) is 121 Å². The molecule has 4 aromatic rings. The quantitative estimate of drug-likeness (QED) is 0.185. The molecule has 0 fully saturated rings. The minimum Gasteiger partial charge on any atom is -0.0622 e. The molecule has 5 rings (SSSR count). The summed E-state index contributed by atoms with van der Waals surface area (Å²) in [6.07, 6.45) is 0. The van der Waals surface area contributed by atoms with E-state index < -0.39 is 39.5 Å². The number of rotatable bonds is 4. The predicted octanol–water partition coefficient (Wildman–Crippen LogP) is 9.58. The molecule has 0 aromatic heterocycles. The summed E-state index contributed by atoms with van der Waals surface area (Å²) in [4.78, 5) is 14.2.